The lowest BCUT2D eigenvalue weighted by Crippen LogP contribution is -2.28. The first-order chi connectivity index (χ1) is 9.67. The van der Waals surface area contributed by atoms with Crippen molar-refractivity contribution >= 4 is 5.97 Å². The van der Waals surface area contributed by atoms with Crippen LogP contribution in [0.1, 0.15) is 50.3 Å². The van der Waals surface area contributed by atoms with Crippen molar-refractivity contribution in [3.8, 4) is 5.75 Å². The molecule has 1 aliphatic carbocycles. The number of hydrogen-bond acceptors (Lipinski definition) is 3. The molecule has 0 radical (unpaired) electrons. The Kier molecular flexibility index (Phi) is 5.01. The predicted molar refractivity (Wildman–Crippen MR) is 78.1 cm³/mol. The average Bonchev–Trinajstić information content (AvgIpc) is 2.45. The van der Waals surface area contributed by atoms with Gasteiger partial charge in [-0.3, -0.25) is 0 Å². The zero-order chi connectivity index (χ0) is 14.5. The molecular weight excluding hydrogens is 254 g/mol. The molecule has 2 N–H and O–H groups in total. The summed E-state index contributed by atoms with van der Waals surface area (Å²) in [6.45, 7) is 4.86. The molecule has 0 aliphatic heterocycles. The van der Waals surface area contributed by atoms with Gasteiger partial charge in [0.2, 0.25) is 0 Å². The monoisotopic (exact) mass is 277 g/mol. The Bertz CT molecular complexity index is 473. The second kappa shape index (κ2) is 6.75. The first-order valence-electron chi connectivity index (χ1n) is 7.42. The molecular formula is C16H23NO3. The van der Waals surface area contributed by atoms with E-state index in [-0.39, 0.29) is 0 Å². The van der Waals surface area contributed by atoms with Crippen molar-refractivity contribution in [3.63, 3.8) is 0 Å². The van der Waals surface area contributed by atoms with E-state index >= 15 is 0 Å². The molecule has 110 valence electrons. The quantitative estimate of drug-likeness (QED) is 0.839. The molecule has 1 aromatic rings. The smallest absolute Gasteiger partial charge is 0.344 e. The first-order valence-corrected chi connectivity index (χ1v) is 7.42. The molecule has 20 heavy (non-hydrogen) atoms. The van der Waals surface area contributed by atoms with Gasteiger partial charge in [-0.25, -0.2) is 4.79 Å². The van der Waals surface area contributed by atoms with E-state index in [0.717, 1.165) is 31.6 Å². The fraction of sp³-hybridized carbons (Fsp3) is 0.562. The van der Waals surface area contributed by atoms with Crippen LogP contribution in [0, 0.1) is 0 Å². The van der Waals surface area contributed by atoms with Crippen LogP contribution in [0.25, 0.3) is 0 Å². The Morgan fingerprint density at radius 2 is 2.30 bits per heavy atom. The molecule has 4 nitrogen and oxygen atoms in total. The van der Waals surface area contributed by atoms with E-state index in [0.29, 0.717) is 12.5 Å². The average molecular weight is 277 g/mol. The molecule has 0 amide bonds. The van der Waals surface area contributed by atoms with E-state index in [1.165, 1.54) is 11.1 Å². The Morgan fingerprint density at radius 1 is 1.50 bits per heavy atom. The molecule has 2 rings (SSSR count). The van der Waals surface area contributed by atoms with Crippen LogP contribution < -0.4 is 10.1 Å². The highest BCUT2D eigenvalue weighted by molar-refractivity contribution is 5.72. The van der Waals surface area contributed by atoms with Gasteiger partial charge in [0.25, 0.3) is 0 Å². The van der Waals surface area contributed by atoms with Gasteiger partial charge in [-0.15, -0.1) is 0 Å². The van der Waals surface area contributed by atoms with Crippen molar-refractivity contribution < 1.29 is 14.6 Å². The minimum Gasteiger partial charge on any atom is -0.479 e. The number of hydrogen-bond donors (Lipinski definition) is 2. The highest BCUT2D eigenvalue weighted by atomic mass is 16.5. The summed E-state index contributed by atoms with van der Waals surface area (Å²) in [6, 6.07) is 6.32. The second-order valence-corrected chi connectivity index (χ2v) is 5.18. The maximum absolute atomic E-state index is 11.1. The van der Waals surface area contributed by atoms with Crippen LogP contribution in [0.15, 0.2) is 18.2 Å². The van der Waals surface area contributed by atoms with Crippen LogP contribution in [0.5, 0.6) is 5.75 Å². The molecule has 0 aromatic heterocycles. The van der Waals surface area contributed by atoms with E-state index in [4.69, 9.17) is 9.84 Å². The second-order valence-electron chi connectivity index (χ2n) is 5.18. The lowest BCUT2D eigenvalue weighted by Gasteiger charge is -2.28. The molecule has 0 spiro atoms. The zero-order valence-electron chi connectivity index (χ0n) is 12.2. The Labute approximate surface area is 120 Å². The molecule has 0 saturated heterocycles. The molecule has 0 bridgehead atoms. The van der Waals surface area contributed by atoms with Crippen LogP contribution >= 0.6 is 0 Å². The Hall–Kier alpha value is -1.55. The summed E-state index contributed by atoms with van der Waals surface area (Å²) in [7, 11) is 0. The maximum Gasteiger partial charge on any atom is 0.344 e. The highest BCUT2D eigenvalue weighted by Crippen LogP contribution is 2.35. The number of fused-ring (bicyclic) bond motifs is 1. The molecule has 0 fully saturated rings. The van der Waals surface area contributed by atoms with Crippen LogP contribution in [0.2, 0.25) is 0 Å². The summed E-state index contributed by atoms with van der Waals surface area (Å²) in [4.78, 5) is 11.1. The topological polar surface area (TPSA) is 58.6 Å². The van der Waals surface area contributed by atoms with Gasteiger partial charge in [-0.05, 0) is 49.4 Å². The normalized spacial score (nSPS) is 19.2. The lowest BCUT2D eigenvalue weighted by molar-refractivity contribution is -0.145. The third-order valence-corrected chi connectivity index (χ3v) is 3.83. The van der Waals surface area contributed by atoms with Gasteiger partial charge in [0, 0.05) is 6.04 Å². The number of carboxylic acids is 1. The number of aliphatic carboxylic acids is 1. The van der Waals surface area contributed by atoms with Gasteiger partial charge in [-0.1, -0.05) is 26.0 Å². The van der Waals surface area contributed by atoms with Gasteiger partial charge >= 0.3 is 5.97 Å². The third kappa shape index (κ3) is 3.12. The largest absolute Gasteiger partial charge is 0.479 e. The maximum atomic E-state index is 11.1. The Morgan fingerprint density at radius 3 is 2.95 bits per heavy atom. The van der Waals surface area contributed by atoms with E-state index in [1.807, 2.05) is 19.1 Å². The van der Waals surface area contributed by atoms with E-state index in [2.05, 4.69) is 18.3 Å². The van der Waals surface area contributed by atoms with E-state index in [1.54, 1.807) is 0 Å². The van der Waals surface area contributed by atoms with Crippen molar-refractivity contribution in [3.05, 3.63) is 29.3 Å². The minimum absolute atomic E-state index is 0.359. The summed E-state index contributed by atoms with van der Waals surface area (Å²) in [6.07, 6.45) is 2.90. The first kappa shape index (κ1) is 14.9. The highest BCUT2D eigenvalue weighted by Gasteiger charge is 2.24. The summed E-state index contributed by atoms with van der Waals surface area (Å²) < 4.78 is 5.72. The molecule has 2 atom stereocenters. The van der Waals surface area contributed by atoms with Crippen molar-refractivity contribution in [2.24, 2.45) is 0 Å². The standard InChI is InChI=1S/C16H23NO3/c1-3-14(16(18)19)20-15-10-6-7-11-12(15)8-5-9-13(11)17-4-2/h6-7,10,13-14,17H,3-5,8-9H2,1-2H3,(H,18,19). The van der Waals surface area contributed by atoms with Crippen molar-refractivity contribution in [2.45, 2.75) is 51.7 Å². The number of ether oxygens (including phenoxy) is 1. The summed E-state index contributed by atoms with van der Waals surface area (Å²) in [5.41, 5.74) is 2.43. The third-order valence-electron chi connectivity index (χ3n) is 3.83. The number of nitrogens with one attached hydrogen (secondary N) is 1. The number of carbonyl (C=O) groups is 1. The molecule has 4 heteroatoms. The molecule has 2 unspecified atom stereocenters. The fourth-order valence-electron chi connectivity index (χ4n) is 2.85. The van der Waals surface area contributed by atoms with Gasteiger partial charge < -0.3 is 15.2 Å². The molecule has 1 aliphatic rings. The van der Waals surface area contributed by atoms with Crippen LogP contribution in [0.3, 0.4) is 0 Å². The van der Waals surface area contributed by atoms with Crippen LogP contribution in [-0.2, 0) is 11.2 Å². The number of carboxylic acid groups (broad SMARTS) is 1. The number of rotatable bonds is 6. The van der Waals surface area contributed by atoms with E-state index in [9.17, 15) is 4.79 Å². The SMILES string of the molecule is CCNC1CCCc2c(OC(CC)C(=O)O)cccc21. The predicted octanol–water partition coefficient (Wildman–Crippen LogP) is 2.92. The molecule has 0 saturated carbocycles. The Balaban J connectivity index is 2.27. The zero-order valence-corrected chi connectivity index (χ0v) is 12.2. The van der Waals surface area contributed by atoms with Gasteiger partial charge in [0.05, 0.1) is 0 Å². The van der Waals surface area contributed by atoms with Gasteiger partial charge in [-0.2, -0.15) is 0 Å². The van der Waals surface area contributed by atoms with Crippen LogP contribution in [0.4, 0.5) is 0 Å². The number of benzene rings is 1. The van der Waals surface area contributed by atoms with Crippen LogP contribution in [-0.4, -0.2) is 23.7 Å². The van der Waals surface area contributed by atoms with E-state index < -0.39 is 12.1 Å². The summed E-state index contributed by atoms with van der Waals surface area (Å²) in [5, 5.41) is 12.6. The fourth-order valence-corrected chi connectivity index (χ4v) is 2.85. The summed E-state index contributed by atoms with van der Waals surface area (Å²) >= 11 is 0. The van der Waals surface area contributed by atoms with Gasteiger partial charge in [0.15, 0.2) is 6.10 Å². The van der Waals surface area contributed by atoms with Crippen molar-refractivity contribution in [2.75, 3.05) is 6.54 Å². The van der Waals surface area contributed by atoms with Gasteiger partial charge in [0.1, 0.15) is 5.75 Å². The van der Waals surface area contributed by atoms with Crippen molar-refractivity contribution in [1.29, 1.82) is 0 Å². The molecule has 0 heterocycles. The lowest BCUT2D eigenvalue weighted by atomic mass is 9.87. The minimum atomic E-state index is -0.899. The summed E-state index contributed by atoms with van der Waals surface area (Å²) in [5.74, 6) is -0.163. The molecule has 1 aromatic carbocycles. The van der Waals surface area contributed by atoms with Crippen molar-refractivity contribution in [1.82, 2.24) is 5.32 Å².